The highest BCUT2D eigenvalue weighted by atomic mass is 35.5. The largest absolute Gasteiger partial charge is 0.378 e. The van der Waals surface area contributed by atoms with E-state index in [-0.39, 0.29) is 11.7 Å². The third-order valence-corrected chi connectivity index (χ3v) is 6.37. The standard InChI is InChI=1S/C29H26ClFN6O2/c1-2-27(38)34-22-9-10-25(30)24(17-22)28-26(33-20-6-3-5-19(31)15-20)18-32-29(36-28)35-21-7-4-8-23(16-21)37-11-13-39-14-12-37/h2-10,15-18,33H,1,11-14H2,(H,34,38)(H,32,35,36). The van der Waals surface area contributed by atoms with Gasteiger partial charge >= 0.3 is 0 Å². The first-order valence-corrected chi connectivity index (χ1v) is 12.7. The summed E-state index contributed by atoms with van der Waals surface area (Å²) >= 11 is 6.60. The summed E-state index contributed by atoms with van der Waals surface area (Å²) in [5.74, 6) is -0.398. The van der Waals surface area contributed by atoms with Crippen LogP contribution in [0.1, 0.15) is 0 Å². The van der Waals surface area contributed by atoms with Crippen LogP contribution in [0.2, 0.25) is 5.02 Å². The number of anilines is 6. The van der Waals surface area contributed by atoms with Gasteiger partial charge in [-0.25, -0.2) is 14.4 Å². The fraction of sp³-hybridized carbons (Fsp3) is 0.138. The van der Waals surface area contributed by atoms with E-state index in [9.17, 15) is 9.18 Å². The van der Waals surface area contributed by atoms with Crippen molar-refractivity contribution >= 4 is 51.9 Å². The molecule has 4 aromatic rings. The number of aromatic nitrogens is 2. The Hall–Kier alpha value is -4.47. The van der Waals surface area contributed by atoms with Crippen molar-refractivity contribution in [3.63, 3.8) is 0 Å². The van der Waals surface area contributed by atoms with Crippen molar-refractivity contribution in [1.29, 1.82) is 0 Å². The van der Waals surface area contributed by atoms with Crippen LogP contribution in [0.15, 0.2) is 85.6 Å². The molecule has 0 spiro atoms. The van der Waals surface area contributed by atoms with Crippen molar-refractivity contribution in [3.05, 3.63) is 96.4 Å². The van der Waals surface area contributed by atoms with Gasteiger partial charge in [0.1, 0.15) is 11.5 Å². The number of amides is 1. The molecule has 1 amide bonds. The zero-order valence-corrected chi connectivity index (χ0v) is 21.7. The van der Waals surface area contributed by atoms with E-state index < -0.39 is 0 Å². The van der Waals surface area contributed by atoms with Crippen molar-refractivity contribution in [2.45, 2.75) is 0 Å². The Morgan fingerprint density at radius 3 is 2.54 bits per heavy atom. The minimum atomic E-state index is -0.381. The summed E-state index contributed by atoms with van der Waals surface area (Å²) in [5.41, 5.74) is 4.43. The van der Waals surface area contributed by atoms with Crippen molar-refractivity contribution in [1.82, 2.24) is 9.97 Å². The minimum Gasteiger partial charge on any atom is -0.378 e. The van der Waals surface area contributed by atoms with E-state index in [1.54, 1.807) is 36.5 Å². The van der Waals surface area contributed by atoms with Crippen LogP contribution in [-0.2, 0) is 9.53 Å². The molecule has 1 aliphatic rings. The first kappa shape index (κ1) is 26.1. The zero-order valence-electron chi connectivity index (χ0n) is 21.0. The highest BCUT2D eigenvalue weighted by Crippen LogP contribution is 2.36. The fourth-order valence-electron chi connectivity index (χ4n) is 4.17. The third-order valence-electron chi connectivity index (χ3n) is 6.05. The number of hydrogen-bond donors (Lipinski definition) is 3. The average Bonchev–Trinajstić information content (AvgIpc) is 2.95. The summed E-state index contributed by atoms with van der Waals surface area (Å²) in [6, 6.07) is 19.1. The summed E-state index contributed by atoms with van der Waals surface area (Å²) < 4.78 is 19.3. The van der Waals surface area contributed by atoms with Gasteiger partial charge in [0.15, 0.2) is 0 Å². The lowest BCUT2D eigenvalue weighted by molar-refractivity contribution is -0.111. The van der Waals surface area contributed by atoms with Gasteiger partial charge in [-0.05, 0) is 60.7 Å². The Labute approximate surface area is 230 Å². The second-order valence-electron chi connectivity index (χ2n) is 8.75. The van der Waals surface area contributed by atoms with Gasteiger partial charge < -0.3 is 25.6 Å². The Morgan fingerprint density at radius 2 is 1.77 bits per heavy atom. The van der Waals surface area contributed by atoms with Crippen LogP contribution in [0, 0.1) is 5.82 Å². The number of morpholine rings is 1. The summed E-state index contributed by atoms with van der Waals surface area (Å²) in [6.45, 7) is 6.52. The van der Waals surface area contributed by atoms with Crippen molar-refractivity contribution < 1.29 is 13.9 Å². The van der Waals surface area contributed by atoms with Gasteiger partial charge in [-0.2, -0.15) is 0 Å². The molecule has 2 heterocycles. The van der Waals surface area contributed by atoms with Crippen LogP contribution < -0.4 is 20.9 Å². The molecule has 0 unspecified atom stereocenters. The van der Waals surface area contributed by atoms with Crippen LogP contribution in [0.25, 0.3) is 11.3 Å². The van der Waals surface area contributed by atoms with Crippen molar-refractivity contribution in [2.24, 2.45) is 0 Å². The van der Waals surface area contributed by atoms with Gasteiger partial charge in [0.2, 0.25) is 11.9 Å². The van der Waals surface area contributed by atoms with Crippen molar-refractivity contribution in [2.75, 3.05) is 47.2 Å². The maximum absolute atomic E-state index is 13.9. The average molecular weight is 545 g/mol. The molecule has 3 N–H and O–H groups in total. The van der Waals surface area contributed by atoms with Crippen LogP contribution in [-0.4, -0.2) is 42.2 Å². The maximum Gasteiger partial charge on any atom is 0.247 e. The monoisotopic (exact) mass is 544 g/mol. The molecule has 10 heteroatoms. The molecule has 0 bridgehead atoms. The van der Waals surface area contributed by atoms with Gasteiger partial charge in [0.25, 0.3) is 0 Å². The number of rotatable bonds is 8. The molecule has 1 saturated heterocycles. The Bertz CT molecular complexity index is 1510. The molecule has 1 fully saturated rings. The normalized spacial score (nSPS) is 13.0. The molecule has 0 atom stereocenters. The molecule has 198 valence electrons. The quantitative estimate of drug-likeness (QED) is 0.222. The predicted octanol–water partition coefficient (Wildman–Crippen LogP) is 6.38. The lowest BCUT2D eigenvalue weighted by atomic mass is 10.1. The molecule has 0 radical (unpaired) electrons. The highest BCUT2D eigenvalue weighted by molar-refractivity contribution is 6.33. The number of carbonyl (C=O) groups excluding carboxylic acids is 1. The molecule has 0 saturated carbocycles. The number of nitrogens with one attached hydrogen (secondary N) is 3. The van der Waals surface area contributed by atoms with E-state index in [4.69, 9.17) is 21.3 Å². The van der Waals surface area contributed by atoms with E-state index in [2.05, 4.69) is 38.5 Å². The third kappa shape index (κ3) is 6.51. The van der Waals surface area contributed by atoms with Gasteiger partial charge in [0.05, 0.1) is 30.1 Å². The Balaban J connectivity index is 1.51. The van der Waals surface area contributed by atoms with Gasteiger partial charge in [0, 0.05) is 41.4 Å². The van der Waals surface area contributed by atoms with E-state index in [1.165, 1.54) is 18.2 Å². The van der Waals surface area contributed by atoms with Crippen LogP contribution in [0.5, 0.6) is 0 Å². The summed E-state index contributed by atoms with van der Waals surface area (Å²) in [4.78, 5) is 23.4. The molecular weight excluding hydrogens is 519 g/mol. The molecule has 1 aromatic heterocycles. The fourth-order valence-corrected chi connectivity index (χ4v) is 4.38. The number of benzene rings is 3. The summed E-state index contributed by atoms with van der Waals surface area (Å²) in [6.07, 6.45) is 2.79. The SMILES string of the molecule is C=CC(=O)Nc1ccc(Cl)c(-c2nc(Nc3cccc(N4CCOCC4)c3)ncc2Nc2cccc(F)c2)c1. The summed E-state index contributed by atoms with van der Waals surface area (Å²) in [7, 11) is 0. The second-order valence-corrected chi connectivity index (χ2v) is 9.16. The van der Waals surface area contributed by atoms with E-state index in [0.717, 1.165) is 24.5 Å². The molecule has 8 nitrogen and oxygen atoms in total. The molecule has 3 aromatic carbocycles. The molecule has 1 aliphatic heterocycles. The van der Waals surface area contributed by atoms with E-state index >= 15 is 0 Å². The van der Waals surface area contributed by atoms with Gasteiger partial charge in [-0.3, -0.25) is 4.79 Å². The predicted molar refractivity (Wildman–Crippen MR) is 154 cm³/mol. The van der Waals surface area contributed by atoms with E-state index in [1.807, 2.05) is 18.2 Å². The summed E-state index contributed by atoms with van der Waals surface area (Å²) in [5, 5.41) is 9.60. The highest BCUT2D eigenvalue weighted by Gasteiger charge is 2.16. The van der Waals surface area contributed by atoms with Crippen LogP contribution in [0.3, 0.4) is 0 Å². The zero-order chi connectivity index (χ0) is 27.2. The lowest BCUT2D eigenvalue weighted by Gasteiger charge is -2.29. The van der Waals surface area contributed by atoms with Gasteiger partial charge in [-0.1, -0.05) is 30.3 Å². The lowest BCUT2D eigenvalue weighted by Crippen LogP contribution is -2.36. The van der Waals surface area contributed by atoms with E-state index in [0.29, 0.717) is 52.5 Å². The molecular formula is C29H26ClFN6O2. The Morgan fingerprint density at radius 1 is 1.00 bits per heavy atom. The molecule has 5 rings (SSSR count). The second kappa shape index (κ2) is 11.9. The Kier molecular flexibility index (Phi) is 8.00. The molecule has 39 heavy (non-hydrogen) atoms. The first-order valence-electron chi connectivity index (χ1n) is 12.3. The number of ether oxygens (including phenoxy) is 1. The first-order chi connectivity index (χ1) is 19.0. The topological polar surface area (TPSA) is 91.4 Å². The van der Waals surface area contributed by atoms with Crippen LogP contribution in [0.4, 0.5) is 38.8 Å². The number of halogens is 2. The van der Waals surface area contributed by atoms with Gasteiger partial charge in [-0.15, -0.1) is 0 Å². The van der Waals surface area contributed by atoms with Crippen LogP contribution >= 0.6 is 11.6 Å². The number of nitrogens with zero attached hydrogens (tertiary/aromatic N) is 3. The smallest absolute Gasteiger partial charge is 0.247 e. The number of carbonyl (C=O) groups is 1. The number of hydrogen-bond acceptors (Lipinski definition) is 7. The minimum absolute atomic E-state index is 0.338. The molecule has 0 aliphatic carbocycles. The maximum atomic E-state index is 13.9. The van der Waals surface area contributed by atoms with Crippen molar-refractivity contribution in [3.8, 4) is 11.3 Å².